The summed E-state index contributed by atoms with van der Waals surface area (Å²) in [7, 11) is 1.36. The maximum Gasteiger partial charge on any atom is 0.337 e. The molecule has 0 spiro atoms. The highest BCUT2D eigenvalue weighted by molar-refractivity contribution is 5.89. The first-order valence-electron chi connectivity index (χ1n) is 5.99. The lowest BCUT2D eigenvalue weighted by Crippen LogP contribution is -2.00. The van der Waals surface area contributed by atoms with Gasteiger partial charge in [-0.1, -0.05) is 11.8 Å². The molecule has 1 aromatic rings. The standard InChI is InChI=1S/C17H12O2/c1-19-17(18)16-12-10-15(11-13-16)7-5-3-2-4-6-14-8-9-14/h10-14H,8-9H2,1H3. The van der Waals surface area contributed by atoms with Gasteiger partial charge in [0.05, 0.1) is 12.7 Å². The van der Waals surface area contributed by atoms with Crippen molar-refractivity contribution in [2.75, 3.05) is 7.11 Å². The van der Waals surface area contributed by atoms with E-state index in [9.17, 15) is 4.79 Å². The molecule has 1 aromatic carbocycles. The van der Waals surface area contributed by atoms with Crippen molar-refractivity contribution in [1.29, 1.82) is 0 Å². The summed E-state index contributed by atoms with van der Waals surface area (Å²) >= 11 is 0. The van der Waals surface area contributed by atoms with Crippen LogP contribution >= 0.6 is 0 Å². The summed E-state index contributed by atoms with van der Waals surface area (Å²) < 4.78 is 4.61. The van der Waals surface area contributed by atoms with Gasteiger partial charge in [0.1, 0.15) is 0 Å². The average Bonchev–Trinajstić information content (AvgIpc) is 3.26. The second-order valence-corrected chi connectivity index (χ2v) is 4.11. The van der Waals surface area contributed by atoms with Crippen LogP contribution in [0.25, 0.3) is 0 Å². The highest BCUT2D eigenvalue weighted by atomic mass is 16.5. The molecular weight excluding hydrogens is 236 g/mol. The van der Waals surface area contributed by atoms with Crippen LogP contribution in [0.1, 0.15) is 28.8 Å². The Morgan fingerprint density at radius 1 is 1.11 bits per heavy atom. The van der Waals surface area contributed by atoms with Crippen LogP contribution in [0.2, 0.25) is 0 Å². The molecule has 0 saturated heterocycles. The van der Waals surface area contributed by atoms with Crippen molar-refractivity contribution in [3.05, 3.63) is 35.4 Å². The monoisotopic (exact) mass is 248 g/mol. The van der Waals surface area contributed by atoms with Crippen LogP contribution in [0.3, 0.4) is 0 Å². The predicted molar refractivity (Wildman–Crippen MR) is 72.9 cm³/mol. The fourth-order valence-electron chi connectivity index (χ4n) is 1.34. The maximum atomic E-state index is 11.2. The van der Waals surface area contributed by atoms with E-state index in [0.29, 0.717) is 11.5 Å². The van der Waals surface area contributed by atoms with Crippen molar-refractivity contribution in [2.24, 2.45) is 5.92 Å². The molecule has 0 amide bonds. The number of rotatable bonds is 1. The summed E-state index contributed by atoms with van der Waals surface area (Å²) in [5.74, 6) is 17.1. The van der Waals surface area contributed by atoms with E-state index in [1.54, 1.807) is 24.3 Å². The zero-order chi connectivity index (χ0) is 13.5. The molecule has 1 aliphatic rings. The third kappa shape index (κ3) is 4.27. The topological polar surface area (TPSA) is 26.3 Å². The molecule has 92 valence electrons. The van der Waals surface area contributed by atoms with Crippen LogP contribution in [0.5, 0.6) is 0 Å². The minimum Gasteiger partial charge on any atom is -0.465 e. The molecule has 0 aliphatic heterocycles. The van der Waals surface area contributed by atoms with Crippen LogP contribution in [0.4, 0.5) is 0 Å². The van der Waals surface area contributed by atoms with E-state index < -0.39 is 0 Å². The van der Waals surface area contributed by atoms with Gasteiger partial charge in [-0.2, -0.15) is 0 Å². The van der Waals surface area contributed by atoms with Gasteiger partial charge < -0.3 is 4.74 Å². The zero-order valence-electron chi connectivity index (χ0n) is 10.6. The molecule has 0 radical (unpaired) electrons. The molecular formula is C17H12O2. The fourth-order valence-corrected chi connectivity index (χ4v) is 1.34. The van der Waals surface area contributed by atoms with Gasteiger partial charge in [-0.25, -0.2) is 4.79 Å². The van der Waals surface area contributed by atoms with Crippen molar-refractivity contribution in [3.8, 4) is 35.5 Å². The van der Waals surface area contributed by atoms with E-state index in [2.05, 4.69) is 40.3 Å². The number of esters is 1. The van der Waals surface area contributed by atoms with Gasteiger partial charge in [-0.3, -0.25) is 0 Å². The summed E-state index contributed by atoms with van der Waals surface area (Å²) in [6.45, 7) is 0. The summed E-state index contributed by atoms with van der Waals surface area (Å²) in [5.41, 5.74) is 1.31. The van der Waals surface area contributed by atoms with Gasteiger partial charge in [0.15, 0.2) is 0 Å². The average molecular weight is 248 g/mol. The Morgan fingerprint density at radius 2 is 1.79 bits per heavy atom. The van der Waals surface area contributed by atoms with E-state index in [0.717, 1.165) is 5.56 Å². The van der Waals surface area contributed by atoms with Gasteiger partial charge in [0.25, 0.3) is 0 Å². The highest BCUT2D eigenvalue weighted by Gasteiger charge is 2.17. The SMILES string of the molecule is COC(=O)c1ccc(C#CC#CC#CC2CC2)cc1. The zero-order valence-corrected chi connectivity index (χ0v) is 10.6. The molecule has 0 bridgehead atoms. The molecule has 0 heterocycles. The smallest absolute Gasteiger partial charge is 0.337 e. The molecule has 2 nitrogen and oxygen atoms in total. The fraction of sp³-hybridized carbons (Fsp3) is 0.235. The van der Waals surface area contributed by atoms with Crippen molar-refractivity contribution in [2.45, 2.75) is 12.8 Å². The maximum absolute atomic E-state index is 11.2. The van der Waals surface area contributed by atoms with E-state index >= 15 is 0 Å². The lowest BCUT2D eigenvalue weighted by Gasteiger charge is -1.97. The lowest BCUT2D eigenvalue weighted by molar-refractivity contribution is 0.0601. The molecule has 19 heavy (non-hydrogen) atoms. The van der Waals surface area contributed by atoms with Gasteiger partial charge in [0, 0.05) is 11.5 Å². The Morgan fingerprint density at radius 3 is 2.42 bits per heavy atom. The van der Waals surface area contributed by atoms with Gasteiger partial charge in [-0.05, 0) is 60.8 Å². The van der Waals surface area contributed by atoms with Crippen LogP contribution in [-0.2, 0) is 4.74 Å². The predicted octanol–water partition coefficient (Wildman–Crippen LogP) is 2.24. The molecule has 1 aliphatic carbocycles. The lowest BCUT2D eigenvalue weighted by atomic mass is 10.1. The van der Waals surface area contributed by atoms with Crippen molar-refractivity contribution >= 4 is 5.97 Å². The van der Waals surface area contributed by atoms with E-state index in [1.807, 2.05) is 0 Å². The van der Waals surface area contributed by atoms with E-state index in [4.69, 9.17) is 0 Å². The first-order valence-corrected chi connectivity index (χ1v) is 5.99. The molecule has 2 rings (SSSR count). The number of carbonyl (C=O) groups excluding carboxylic acids is 1. The number of carbonyl (C=O) groups is 1. The third-order valence-electron chi connectivity index (χ3n) is 2.55. The molecule has 0 unspecified atom stereocenters. The minimum atomic E-state index is -0.352. The Kier molecular flexibility index (Phi) is 4.28. The van der Waals surface area contributed by atoms with Crippen LogP contribution in [-0.4, -0.2) is 13.1 Å². The summed E-state index contributed by atoms with van der Waals surface area (Å²) in [6.07, 6.45) is 2.40. The first-order chi connectivity index (χ1) is 9.29. The first kappa shape index (κ1) is 12.8. The second-order valence-electron chi connectivity index (χ2n) is 4.11. The van der Waals surface area contributed by atoms with Crippen molar-refractivity contribution in [3.63, 3.8) is 0 Å². The molecule has 2 heteroatoms. The summed E-state index contributed by atoms with van der Waals surface area (Å²) in [4.78, 5) is 11.2. The largest absolute Gasteiger partial charge is 0.465 e. The molecule has 1 saturated carbocycles. The van der Waals surface area contributed by atoms with Crippen LogP contribution in [0, 0.1) is 41.4 Å². The summed E-state index contributed by atoms with van der Waals surface area (Å²) in [6, 6.07) is 6.87. The quantitative estimate of drug-likeness (QED) is 0.563. The van der Waals surface area contributed by atoms with Gasteiger partial charge >= 0.3 is 5.97 Å². The third-order valence-corrected chi connectivity index (χ3v) is 2.55. The number of benzene rings is 1. The second kappa shape index (κ2) is 6.34. The Bertz CT molecular complexity index is 645. The normalized spacial score (nSPS) is 11.8. The van der Waals surface area contributed by atoms with E-state index in [1.165, 1.54) is 20.0 Å². The van der Waals surface area contributed by atoms with Gasteiger partial charge in [0.2, 0.25) is 0 Å². The molecule has 1 fully saturated rings. The molecule has 0 aromatic heterocycles. The van der Waals surface area contributed by atoms with Crippen LogP contribution < -0.4 is 0 Å². The number of methoxy groups -OCH3 is 1. The number of ether oxygens (including phenoxy) is 1. The highest BCUT2D eigenvalue weighted by Crippen LogP contribution is 2.27. The Labute approximate surface area is 113 Å². The van der Waals surface area contributed by atoms with E-state index in [-0.39, 0.29) is 5.97 Å². The van der Waals surface area contributed by atoms with Gasteiger partial charge in [-0.15, -0.1) is 0 Å². The molecule has 0 atom stereocenters. The van der Waals surface area contributed by atoms with Crippen molar-refractivity contribution < 1.29 is 9.53 Å². The minimum absolute atomic E-state index is 0.352. The number of hydrogen-bond donors (Lipinski definition) is 0. The molecule has 0 N–H and O–H groups in total. The number of hydrogen-bond acceptors (Lipinski definition) is 2. The van der Waals surface area contributed by atoms with Crippen molar-refractivity contribution in [1.82, 2.24) is 0 Å². The Hall–Kier alpha value is -2.63. The van der Waals surface area contributed by atoms with Crippen LogP contribution in [0.15, 0.2) is 24.3 Å². The summed E-state index contributed by atoms with van der Waals surface area (Å²) in [5, 5.41) is 0. The Balaban J connectivity index is 1.96.